The van der Waals surface area contributed by atoms with Crippen LogP contribution in [-0.2, 0) is 21.7 Å². The molecule has 0 saturated carbocycles. The number of anilines is 3. The average Bonchev–Trinajstić information content (AvgIpc) is 4.05. The van der Waals surface area contributed by atoms with Crippen LogP contribution in [0.5, 0.6) is 0 Å². The molecule has 14 rings (SSSR count). The monoisotopic (exact) mass is 875 g/mol. The Balaban J connectivity index is 1.16. The highest BCUT2D eigenvalue weighted by Crippen LogP contribution is 2.65. The number of rotatable bonds is 4. The fraction of sp³-hybridized carbons (Fsp3) is 0.182. The lowest BCUT2D eigenvalue weighted by molar-refractivity contribution is 0.333. The van der Waals surface area contributed by atoms with Crippen LogP contribution in [0.1, 0.15) is 98.9 Å². The minimum Gasteiger partial charge on any atom is -0.454 e. The molecule has 2 nitrogen and oxygen atoms in total. The first kappa shape index (κ1) is 39.7. The molecule has 2 heteroatoms. The van der Waals surface area contributed by atoms with Gasteiger partial charge in [-0.25, -0.2) is 0 Å². The first-order chi connectivity index (χ1) is 33.0. The van der Waals surface area contributed by atoms with E-state index < -0.39 is 5.41 Å². The summed E-state index contributed by atoms with van der Waals surface area (Å²) in [6.45, 7) is 14.6. The molecule has 0 radical (unpaired) electrons. The molecule has 1 spiro atoms. The van der Waals surface area contributed by atoms with Crippen molar-refractivity contribution in [2.45, 2.75) is 76.0 Å². The van der Waals surface area contributed by atoms with Gasteiger partial charge < -0.3 is 9.32 Å². The molecule has 0 fully saturated rings. The molecule has 10 aromatic rings. The summed E-state index contributed by atoms with van der Waals surface area (Å²) in [6.07, 6.45) is 2.27. The summed E-state index contributed by atoms with van der Waals surface area (Å²) in [6, 6.07) is 71.4. The topological polar surface area (TPSA) is 16.4 Å². The molecule has 4 aliphatic rings. The molecule has 328 valence electrons. The molecule has 0 N–H and O–H groups in total. The Kier molecular flexibility index (Phi) is 7.95. The predicted octanol–water partition coefficient (Wildman–Crippen LogP) is 17.7. The van der Waals surface area contributed by atoms with Crippen molar-refractivity contribution >= 4 is 39.0 Å². The number of nitrogens with zero attached hydrogens (tertiary/aromatic N) is 1. The fourth-order valence-corrected chi connectivity index (χ4v) is 13.6. The molecule has 0 atom stereocenters. The van der Waals surface area contributed by atoms with Gasteiger partial charge in [-0.1, -0.05) is 193 Å². The van der Waals surface area contributed by atoms with E-state index in [1.165, 1.54) is 89.0 Å². The largest absolute Gasteiger partial charge is 0.454 e. The quantitative estimate of drug-likeness (QED) is 0.175. The molecule has 0 bridgehead atoms. The number of furan rings is 1. The van der Waals surface area contributed by atoms with E-state index in [9.17, 15) is 0 Å². The minimum absolute atomic E-state index is 0.0335. The highest BCUT2D eigenvalue weighted by atomic mass is 16.3. The maximum Gasteiger partial charge on any atom is 0.159 e. The van der Waals surface area contributed by atoms with E-state index in [2.05, 4.69) is 234 Å². The molecular weight excluding hydrogens is 823 g/mol. The smallest absolute Gasteiger partial charge is 0.159 e. The second-order valence-electron chi connectivity index (χ2n) is 21.8. The van der Waals surface area contributed by atoms with Crippen LogP contribution in [0.15, 0.2) is 192 Å². The average molecular weight is 876 g/mol. The Morgan fingerprint density at radius 1 is 0.368 bits per heavy atom. The Labute approximate surface area is 399 Å². The van der Waals surface area contributed by atoms with Crippen LogP contribution < -0.4 is 4.90 Å². The summed E-state index contributed by atoms with van der Waals surface area (Å²) in [5.74, 6) is 0. The van der Waals surface area contributed by atoms with Crippen LogP contribution in [0.2, 0.25) is 0 Å². The van der Waals surface area contributed by atoms with Gasteiger partial charge in [0.15, 0.2) is 5.58 Å². The van der Waals surface area contributed by atoms with E-state index in [0.717, 1.165) is 51.8 Å². The maximum absolute atomic E-state index is 7.08. The Bertz CT molecular complexity index is 3750. The van der Waals surface area contributed by atoms with E-state index in [1.54, 1.807) is 0 Å². The third-order valence-corrected chi connectivity index (χ3v) is 16.9. The molecule has 0 saturated heterocycles. The number of benzene rings is 9. The molecule has 0 aliphatic heterocycles. The van der Waals surface area contributed by atoms with Crippen LogP contribution in [0.3, 0.4) is 0 Å². The van der Waals surface area contributed by atoms with Gasteiger partial charge in [0.05, 0.1) is 16.8 Å². The Morgan fingerprint density at radius 3 is 1.60 bits per heavy atom. The Hall–Kier alpha value is -7.42. The summed E-state index contributed by atoms with van der Waals surface area (Å²) >= 11 is 0. The summed E-state index contributed by atoms with van der Waals surface area (Å²) in [4.78, 5) is 2.57. The van der Waals surface area contributed by atoms with Gasteiger partial charge in [-0.3, -0.25) is 0 Å². The van der Waals surface area contributed by atoms with E-state index in [0.29, 0.717) is 0 Å². The van der Waals surface area contributed by atoms with E-state index in [4.69, 9.17) is 4.42 Å². The Morgan fingerprint density at radius 2 is 0.897 bits per heavy atom. The number of fused-ring (bicyclic) bond motifs is 17. The van der Waals surface area contributed by atoms with Crippen LogP contribution in [-0.4, -0.2) is 0 Å². The fourth-order valence-electron chi connectivity index (χ4n) is 13.6. The van der Waals surface area contributed by atoms with Crippen molar-refractivity contribution < 1.29 is 4.42 Å². The minimum atomic E-state index is -0.525. The van der Waals surface area contributed by atoms with Crippen molar-refractivity contribution in [3.63, 3.8) is 0 Å². The second-order valence-corrected chi connectivity index (χ2v) is 21.8. The normalized spacial score (nSPS) is 16.7. The number of hydrogen-bond acceptors (Lipinski definition) is 2. The van der Waals surface area contributed by atoms with Crippen LogP contribution >= 0.6 is 0 Å². The van der Waals surface area contributed by atoms with Crippen molar-refractivity contribution in [2.75, 3.05) is 4.90 Å². The lowest BCUT2D eigenvalue weighted by Gasteiger charge is -2.43. The van der Waals surface area contributed by atoms with Crippen molar-refractivity contribution in [1.82, 2.24) is 0 Å². The lowest BCUT2D eigenvalue weighted by atomic mass is 9.61. The van der Waals surface area contributed by atoms with E-state index in [-0.39, 0.29) is 16.2 Å². The zero-order valence-corrected chi connectivity index (χ0v) is 39.7. The lowest BCUT2D eigenvalue weighted by Crippen LogP contribution is -2.34. The standard InChI is InChI=1S/C66H53NO/c1-63(2)35-36-64(3,4)61-47(24-17-30-55(61)63)50-38-49-44-22-10-15-29-54(44)66(52-27-13-8-20-42(52)43-21-9-14-28-53(43)66)57(49)39-59(50)67(58-31-18-25-48-46-23-11-16-32-60(46)68-62(48)58)40-33-34-45-41-19-7-12-26-51(41)65(5,6)56(45)37-40/h7-34,37-39H,35-36H2,1-6H3. The van der Waals surface area contributed by atoms with Crippen LogP contribution in [0.25, 0.3) is 66.4 Å². The summed E-state index contributed by atoms with van der Waals surface area (Å²) in [7, 11) is 0. The summed E-state index contributed by atoms with van der Waals surface area (Å²) < 4.78 is 7.08. The van der Waals surface area contributed by atoms with Crippen molar-refractivity contribution in [1.29, 1.82) is 0 Å². The van der Waals surface area contributed by atoms with Gasteiger partial charge in [-0.05, 0) is 144 Å². The third kappa shape index (κ3) is 5.08. The van der Waals surface area contributed by atoms with Gasteiger partial charge in [-0.2, -0.15) is 0 Å². The molecule has 1 heterocycles. The first-order valence-corrected chi connectivity index (χ1v) is 24.6. The summed E-state index contributed by atoms with van der Waals surface area (Å²) in [5.41, 5.74) is 25.7. The highest BCUT2D eigenvalue weighted by molar-refractivity contribution is 6.11. The highest BCUT2D eigenvalue weighted by Gasteiger charge is 2.52. The van der Waals surface area contributed by atoms with Crippen molar-refractivity contribution in [3.8, 4) is 44.5 Å². The molecule has 0 amide bonds. The molecule has 9 aromatic carbocycles. The molecule has 0 unspecified atom stereocenters. The van der Waals surface area contributed by atoms with Crippen molar-refractivity contribution in [3.05, 3.63) is 233 Å². The van der Waals surface area contributed by atoms with Crippen LogP contribution in [0.4, 0.5) is 17.1 Å². The zero-order valence-electron chi connectivity index (χ0n) is 39.7. The van der Waals surface area contributed by atoms with Crippen molar-refractivity contribution in [2.24, 2.45) is 0 Å². The van der Waals surface area contributed by atoms with E-state index in [1.807, 2.05) is 0 Å². The summed E-state index contributed by atoms with van der Waals surface area (Å²) in [5, 5.41) is 2.24. The maximum atomic E-state index is 7.08. The van der Waals surface area contributed by atoms with Gasteiger partial charge >= 0.3 is 0 Å². The first-order valence-electron chi connectivity index (χ1n) is 24.6. The number of hydrogen-bond donors (Lipinski definition) is 0. The van der Waals surface area contributed by atoms with Gasteiger partial charge in [0.25, 0.3) is 0 Å². The molecule has 4 aliphatic carbocycles. The number of para-hydroxylation sites is 2. The predicted molar refractivity (Wildman–Crippen MR) is 283 cm³/mol. The second kappa shape index (κ2) is 13.6. The van der Waals surface area contributed by atoms with Gasteiger partial charge in [0.2, 0.25) is 0 Å². The van der Waals surface area contributed by atoms with Gasteiger partial charge in [0.1, 0.15) is 5.58 Å². The molecule has 68 heavy (non-hydrogen) atoms. The van der Waals surface area contributed by atoms with Crippen LogP contribution in [0, 0.1) is 0 Å². The third-order valence-electron chi connectivity index (χ3n) is 16.9. The molecular formula is C66H53NO. The van der Waals surface area contributed by atoms with E-state index >= 15 is 0 Å². The zero-order chi connectivity index (χ0) is 45.9. The molecule has 1 aromatic heterocycles. The SMILES string of the molecule is CC1(C)CCC(C)(C)c2c(-c3cc4c(cc3N(c3ccc5c(c3)C(C)(C)c3ccccc3-5)c3cccc5c3oc3ccccc35)C3(c5ccccc5-c5ccccc53)c3ccccc3-4)cccc21. The van der Waals surface area contributed by atoms with Gasteiger partial charge in [-0.15, -0.1) is 0 Å². The van der Waals surface area contributed by atoms with Gasteiger partial charge in [0, 0.05) is 27.4 Å².